The summed E-state index contributed by atoms with van der Waals surface area (Å²) in [7, 11) is 0. The summed E-state index contributed by atoms with van der Waals surface area (Å²) in [5, 5.41) is 18.9. The van der Waals surface area contributed by atoms with Gasteiger partial charge in [0.1, 0.15) is 0 Å². The Morgan fingerprint density at radius 1 is 1.55 bits per heavy atom. The summed E-state index contributed by atoms with van der Waals surface area (Å²) >= 11 is 3.13. The lowest BCUT2D eigenvalue weighted by molar-refractivity contribution is 0.296. The second-order valence-corrected chi connectivity index (χ2v) is 3.08. The highest BCUT2D eigenvalue weighted by molar-refractivity contribution is 9.10. The van der Waals surface area contributed by atoms with Gasteiger partial charge in [-0.3, -0.25) is 5.21 Å². The summed E-state index contributed by atoms with van der Waals surface area (Å²) < 4.78 is 0.584. The Kier molecular flexibility index (Phi) is 2.49. The molecule has 3 nitrogen and oxygen atoms in total. The molecule has 0 saturated carbocycles. The lowest BCUT2D eigenvalue weighted by atomic mass is 10.2. The van der Waals surface area contributed by atoms with Crippen LogP contribution in [0.3, 0.4) is 0 Å². The van der Waals surface area contributed by atoms with Crippen molar-refractivity contribution in [1.29, 1.82) is 0 Å². The van der Waals surface area contributed by atoms with Crippen LogP contribution < -0.4 is 5.23 Å². The van der Waals surface area contributed by atoms with Crippen molar-refractivity contribution < 1.29 is 5.21 Å². The molecule has 1 N–H and O–H groups in total. The van der Waals surface area contributed by atoms with Crippen LogP contribution in [-0.4, -0.2) is 5.21 Å². The fourth-order valence-corrected chi connectivity index (χ4v) is 1.17. The number of anilines is 1. The van der Waals surface area contributed by atoms with Crippen LogP contribution in [0.15, 0.2) is 22.7 Å². The molecule has 0 atom stereocenters. The third kappa shape index (κ3) is 1.92. The van der Waals surface area contributed by atoms with Crippen molar-refractivity contribution in [3.8, 4) is 0 Å². The van der Waals surface area contributed by atoms with Crippen molar-refractivity contribution in [3.63, 3.8) is 0 Å². The lowest BCUT2D eigenvalue weighted by Gasteiger charge is -2.23. The average Bonchev–Trinajstić information content (AvgIpc) is 1.94. The maximum absolute atomic E-state index is 10.5. The second kappa shape index (κ2) is 3.21. The predicted octanol–water partition coefficient (Wildman–Crippen LogP) is 2.45. The zero-order valence-corrected chi connectivity index (χ0v) is 7.50. The van der Waals surface area contributed by atoms with E-state index in [1.54, 1.807) is 12.1 Å². The van der Waals surface area contributed by atoms with Crippen LogP contribution >= 0.6 is 15.9 Å². The van der Waals surface area contributed by atoms with Gasteiger partial charge in [-0.25, -0.2) is 0 Å². The normalized spacial score (nSPS) is 9.82. The number of nitrogens with zero attached hydrogens (tertiary/aromatic N) is 1. The Bertz CT molecular complexity index is 263. The van der Waals surface area contributed by atoms with Crippen LogP contribution in [-0.2, 0) is 0 Å². The molecule has 1 rings (SSSR count). The highest BCUT2D eigenvalue weighted by Gasteiger charge is 1.98. The molecule has 60 valence electrons. The fourth-order valence-electron chi connectivity index (χ4n) is 0.769. The molecule has 11 heavy (non-hydrogen) atoms. The monoisotopic (exact) mass is 216 g/mol. The summed E-state index contributed by atoms with van der Waals surface area (Å²) in [6.07, 6.45) is 0. The summed E-state index contributed by atoms with van der Waals surface area (Å²) in [4.78, 5) is 0. The highest BCUT2D eigenvalue weighted by atomic mass is 79.9. The van der Waals surface area contributed by atoms with E-state index in [0.717, 1.165) is 5.56 Å². The Morgan fingerprint density at radius 3 is 2.64 bits per heavy atom. The smallest absolute Gasteiger partial charge is 0.0653 e. The van der Waals surface area contributed by atoms with Crippen molar-refractivity contribution in [2.75, 3.05) is 5.23 Å². The van der Waals surface area contributed by atoms with E-state index in [2.05, 4.69) is 15.9 Å². The van der Waals surface area contributed by atoms with E-state index in [0.29, 0.717) is 4.47 Å². The molecular formula is C7H7BrNO2-. The first-order valence-corrected chi connectivity index (χ1v) is 3.83. The summed E-state index contributed by atoms with van der Waals surface area (Å²) in [6.45, 7) is 1.85. The molecule has 4 heteroatoms. The van der Waals surface area contributed by atoms with Crippen LogP contribution in [0.5, 0.6) is 0 Å². The van der Waals surface area contributed by atoms with E-state index < -0.39 is 0 Å². The van der Waals surface area contributed by atoms with E-state index in [1.165, 1.54) is 0 Å². The summed E-state index contributed by atoms with van der Waals surface area (Å²) in [6, 6.07) is 5.15. The van der Waals surface area contributed by atoms with Gasteiger partial charge in [-0.05, 0) is 40.5 Å². The van der Waals surface area contributed by atoms with Crippen molar-refractivity contribution in [2.24, 2.45) is 0 Å². The maximum atomic E-state index is 10.5. The van der Waals surface area contributed by atoms with Crippen LogP contribution in [0.25, 0.3) is 0 Å². The van der Waals surface area contributed by atoms with Gasteiger partial charge in [0.2, 0.25) is 0 Å². The summed E-state index contributed by atoms with van der Waals surface area (Å²) in [5.41, 5.74) is 1.16. The molecule has 0 saturated heterocycles. The van der Waals surface area contributed by atoms with Crippen molar-refractivity contribution in [1.82, 2.24) is 0 Å². The molecule has 1 aromatic carbocycles. The van der Waals surface area contributed by atoms with Crippen LogP contribution in [0.2, 0.25) is 0 Å². The molecular weight excluding hydrogens is 210 g/mol. The molecule has 0 aliphatic heterocycles. The van der Waals surface area contributed by atoms with Gasteiger partial charge in [-0.1, -0.05) is 6.07 Å². The van der Waals surface area contributed by atoms with E-state index in [-0.39, 0.29) is 10.9 Å². The Morgan fingerprint density at radius 2 is 2.18 bits per heavy atom. The van der Waals surface area contributed by atoms with Gasteiger partial charge >= 0.3 is 0 Å². The summed E-state index contributed by atoms with van der Waals surface area (Å²) in [5.74, 6) is 0. The maximum Gasteiger partial charge on any atom is 0.0653 e. The minimum atomic E-state index is -0.156. The van der Waals surface area contributed by atoms with Crippen molar-refractivity contribution in [3.05, 3.63) is 33.4 Å². The number of rotatable bonds is 1. The lowest BCUT2D eigenvalue weighted by Crippen LogP contribution is -2.07. The SMILES string of the molecule is Cc1ccc(Br)c(N([O-])O)c1. The Balaban J connectivity index is 3.13. The van der Waals surface area contributed by atoms with Crippen molar-refractivity contribution >= 4 is 21.6 Å². The first-order chi connectivity index (χ1) is 5.11. The van der Waals surface area contributed by atoms with E-state index >= 15 is 0 Å². The zero-order valence-electron chi connectivity index (χ0n) is 5.91. The first-order valence-electron chi connectivity index (χ1n) is 3.03. The number of hydrogen-bond donors (Lipinski definition) is 1. The minimum absolute atomic E-state index is 0.156. The van der Waals surface area contributed by atoms with Crippen molar-refractivity contribution in [2.45, 2.75) is 6.92 Å². The Labute approximate surface area is 72.9 Å². The molecule has 0 unspecified atom stereocenters. The van der Waals surface area contributed by atoms with E-state index in [1.807, 2.05) is 13.0 Å². The molecule has 0 aliphatic carbocycles. The third-order valence-electron chi connectivity index (χ3n) is 1.31. The van der Waals surface area contributed by atoms with E-state index in [4.69, 9.17) is 5.21 Å². The molecule has 0 heterocycles. The molecule has 0 radical (unpaired) electrons. The van der Waals surface area contributed by atoms with Gasteiger partial charge in [-0.15, -0.1) is 0 Å². The molecule has 0 aliphatic rings. The number of benzene rings is 1. The molecule has 0 amide bonds. The average molecular weight is 217 g/mol. The van der Waals surface area contributed by atoms with E-state index in [9.17, 15) is 5.21 Å². The van der Waals surface area contributed by atoms with Gasteiger partial charge in [0.15, 0.2) is 0 Å². The highest BCUT2D eigenvalue weighted by Crippen LogP contribution is 2.25. The molecule has 0 aromatic heterocycles. The number of hydrogen-bond acceptors (Lipinski definition) is 3. The van der Waals surface area contributed by atoms with Crippen LogP contribution in [0, 0.1) is 12.1 Å². The standard InChI is InChI=1S/C7H7BrNO2/c1-5-2-3-6(8)7(4-5)9(10)11/h2-4,10H,1H3/q-1. The van der Waals surface area contributed by atoms with Gasteiger partial charge in [-0.2, -0.15) is 0 Å². The largest absolute Gasteiger partial charge is 0.733 e. The molecule has 0 bridgehead atoms. The van der Waals surface area contributed by atoms with Gasteiger partial charge in [0, 0.05) is 4.47 Å². The Hall–Kier alpha value is -0.580. The molecule has 1 aromatic rings. The van der Waals surface area contributed by atoms with Crippen LogP contribution in [0.4, 0.5) is 5.69 Å². The number of halogens is 1. The zero-order chi connectivity index (χ0) is 8.43. The minimum Gasteiger partial charge on any atom is -0.733 e. The fraction of sp³-hybridized carbons (Fsp3) is 0.143. The predicted molar refractivity (Wildman–Crippen MR) is 46.5 cm³/mol. The van der Waals surface area contributed by atoms with Gasteiger partial charge in [0.25, 0.3) is 0 Å². The molecule has 0 fully saturated rings. The van der Waals surface area contributed by atoms with Crippen LogP contribution in [0.1, 0.15) is 5.56 Å². The van der Waals surface area contributed by atoms with Gasteiger partial charge in [0.05, 0.1) is 5.69 Å². The van der Waals surface area contributed by atoms with Gasteiger partial charge < -0.3 is 10.4 Å². The second-order valence-electron chi connectivity index (χ2n) is 2.23. The molecule has 0 spiro atoms. The number of aryl methyl sites for hydroxylation is 1. The third-order valence-corrected chi connectivity index (χ3v) is 1.98. The first kappa shape index (κ1) is 8.52. The topological polar surface area (TPSA) is 46.5 Å². The quantitative estimate of drug-likeness (QED) is 0.735.